The fraction of sp³-hybridized carbons (Fsp3) is 1.00. The van der Waals surface area contributed by atoms with Crippen LogP contribution in [-0.4, -0.2) is 37.1 Å². The Hall–Kier alpha value is -0.0800. The van der Waals surface area contributed by atoms with E-state index < -0.39 is 0 Å². The summed E-state index contributed by atoms with van der Waals surface area (Å²) in [5.41, 5.74) is 0. The molecule has 18 heavy (non-hydrogen) atoms. The molecule has 1 heterocycles. The van der Waals surface area contributed by atoms with E-state index in [4.69, 9.17) is 0 Å². The minimum atomic E-state index is 0.849. The number of rotatable bonds is 4. The zero-order valence-corrected chi connectivity index (χ0v) is 12.5. The van der Waals surface area contributed by atoms with Crippen molar-refractivity contribution in [2.24, 2.45) is 11.8 Å². The molecular formula is C16H32N2. The first kappa shape index (κ1) is 14.3. The molecule has 106 valence electrons. The van der Waals surface area contributed by atoms with Gasteiger partial charge in [0.2, 0.25) is 0 Å². The minimum Gasteiger partial charge on any atom is -0.317 e. The quantitative estimate of drug-likeness (QED) is 0.826. The van der Waals surface area contributed by atoms with E-state index >= 15 is 0 Å². The first-order valence-electron chi connectivity index (χ1n) is 8.24. The van der Waals surface area contributed by atoms with Gasteiger partial charge in [0.05, 0.1) is 0 Å². The molecule has 3 atom stereocenters. The van der Waals surface area contributed by atoms with Gasteiger partial charge in [-0.2, -0.15) is 0 Å². The maximum atomic E-state index is 3.54. The van der Waals surface area contributed by atoms with Crippen molar-refractivity contribution in [3.05, 3.63) is 0 Å². The molecule has 2 rings (SSSR count). The second-order valence-corrected chi connectivity index (χ2v) is 6.56. The van der Waals surface area contributed by atoms with E-state index in [0.29, 0.717) is 0 Å². The maximum absolute atomic E-state index is 3.54. The summed E-state index contributed by atoms with van der Waals surface area (Å²) in [6, 6.07) is 0.849. The molecule has 0 radical (unpaired) electrons. The van der Waals surface area contributed by atoms with Gasteiger partial charge in [-0.3, -0.25) is 0 Å². The van der Waals surface area contributed by atoms with Crippen LogP contribution in [0.3, 0.4) is 0 Å². The minimum absolute atomic E-state index is 0.849. The Morgan fingerprint density at radius 3 is 2.72 bits per heavy atom. The second-order valence-electron chi connectivity index (χ2n) is 6.56. The predicted octanol–water partition coefficient (Wildman–Crippen LogP) is 3.28. The van der Waals surface area contributed by atoms with Crippen LogP contribution in [-0.2, 0) is 0 Å². The van der Waals surface area contributed by atoms with Gasteiger partial charge in [0.25, 0.3) is 0 Å². The lowest BCUT2D eigenvalue weighted by Gasteiger charge is -2.36. The molecule has 1 saturated carbocycles. The topological polar surface area (TPSA) is 15.3 Å². The van der Waals surface area contributed by atoms with Crippen LogP contribution in [0.5, 0.6) is 0 Å². The van der Waals surface area contributed by atoms with Crippen LogP contribution < -0.4 is 5.32 Å². The van der Waals surface area contributed by atoms with Crippen molar-refractivity contribution in [3.63, 3.8) is 0 Å². The van der Waals surface area contributed by atoms with Crippen LogP contribution in [0, 0.1) is 11.8 Å². The molecule has 2 aliphatic rings. The van der Waals surface area contributed by atoms with E-state index in [1.807, 2.05) is 0 Å². The fourth-order valence-corrected chi connectivity index (χ4v) is 3.96. The molecule has 0 bridgehead atoms. The summed E-state index contributed by atoms with van der Waals surface area (Å²) < 4.78 is 0. The normalized spacial score (nSPS) is 34.5. The number of nitrogens with one attached hydrogen (secondary N) is 1. The van der Waals surface area contributed by atoms with Crippen LogP contribution in [0.1, 0.15) is 58.8 Å². The molecular weight excluding hydrogens is 220 g/mol. The van der Waals surface area contributed by atoms with Crippen LogP contribution >= 0.6 is 0 Å². The third kappa shape index (κ3) is 4.24. The average Bonchev–Trinajstić information content (AvgIpc) is 2.65. The lowest BCUT2D eigenvalue weighted by Crippen LogP contribution is -2.40. The Morgan fingerprint density at radius 2 is 1.94 bits per heavy atom. The lowest BCUT2D eigenvalue weighted by molar-refractivity contribution is 0.134. The summed E-state index contributed by atoms with van der Waals surface area (Å²) in [4.78, 5) is 2.79. The maximum Gasteiger partial charge on any atom is 0.0108 e. The van der Waals surface area contributed by atoms with E-state index in [0.717, 1.165) is 17.9 Å². The van der Waals surface area contributed by atoms with Crippen molar-refractivity contribution >= 4 is 0 Å². The molecule has 0 spiro atoms. The Labute approximate surface area is 114 Å². The van der Waals surface area contributed by atoms with Crippen molar-refractivity contribution in [2.75, 3.05) is 26.2 Å². The Morgan fingerprint density at radius 1 is 1.06 bits per heavy atom. The molecule has 2 heteroatoms. The zero-order chi connectivity index (χ0) is 12.8. The van der Waals surface area contributed by atoms with Crippen LogP contribution in [0.4, 0.5) is 0 Å². The van der Waals surface area contributed by atoms with Crippen LogP contribution in [0.15, 0.2) is 0 Å². The van der Waals surface area contributed by atoms with Gasteiger partial charge in [0.1, 0.15) is 0 Å². The highest BCUT2D eigenvalue weighted by Crippen LogP contribution is 2.30. The molecule has 0 amide bonds. The first-order valence-corrected chi connectivity index (χ1v) is 8.24. The summed E-state index contributed by atoms with van der Waals surface area (Å²) in [6.45, 7) is 9.86. The van der Waals surface area contributed by atoms with Gasteiger partial charge >= 0.3 is 0 Å². The van der Waals surface area contributed by atoms with E-state index in [9.17, 15) is 0 Å². The van der Waals surface area contributed by atoms with E-state index in [1.54, 1.807) is 0 Å². The highest BCUT2D eigenvalue weighted by atomic mass is 15.2. The van der Waals surface area contributed by atoms with E-state index in [1.165, 1.54) is 71.1 Å². The third-order valence-corrected chi connectivity index (χ3v) is 5.01. The Kier molecular flexibility index (Phi) is 5.97. The summed E-state index contributed by atoms with van der Waals surface area (Å²) in [6.07, 6.45) is 10.0. The van der Waals surface area contributed by atoms with Crippen molar-refractivity contribution in [1.82, 2.24) is 10.2 Å². The highest BCUT2D eigenvalue weighted by molar-refractivity contribution is 4.79. The molecule has 0 aromatic rings. The van der Waals surface area contributed by atoms with Gasteiger partial charge in [0.15, 0.2) is 0 Å². The molecule has 1 aliphatic carbocycles. The monoisotopic (exact) mass is 252 g/mol. The average molecular weight is 252 g/mol. The summed E-state index contributed by atoms with van der Waals surface area (Å²) in [5.74, 6) is 1.95. The molecule has 3 unspecified atom stereocenters. The van der Waals surface area contributed by atoms with Crippen LogP contribution in [0.2, 0.25) is 0 Å². The largest absolute Gasteiger partial charge is 0.317 e. The Bertz CT molecular complexity index is 221. The van der Waals surface area contributed by atoms with Gasteiger partial charge < -0.3 is 10.2 Å². The van der Waals surface area contributed by atoms with Gasteiger partial charge in [-0.05, 0) is 63.6 Å². The van der Waals surface area contributed by atoms with E-state index in [-0.39, 0.29) is 0 Å². The predicted molar refractivity (Wildman–Crippen MR) is 78.9 cm³/mol. The second kappa shape index (κ2) is 7.49. The molecule has 0 aromatic heterocycles. The number of hydrogen-bond acceptors (Lipinski definition) is 2. The standard InChI is InChI=1S/C16H32N2/c1-3-18(16-8-5-10-17-11-9-16)13-15-7-4-6-14(2)12-15/h14-17H,3-13H2,1-2H3. The smallest absolute Gasteiger partial charge is 0.0108 e. The summed E-state index contributed by atoms with van der Waals surface area (Å²) in [5, 5.41) is 3.54. The van der Waals surface area contributed by atoms with Crippen LogP contribution in [0.25, 0.3) is 0 Å². The van der Waals surface area contributed by atoms with Crippen molar-refractivity contribution in [3.8, 4) is 0 Å². The van der Waals surface area contributed by atoms with Crippen molar-refractivity contribution in [2.45, 2.75) is 64.8 Å². The number of hydrogen-bond donors (Lipinski definition) is 1. The van der Waals surface area contributed by atoms with E-state index in [2.05, 4.69) is 24.1 Å². The molecule has 1 aliphatic heterocycles. The fourth-order valence-electron chi connectivity index (χ4n) is 3.96. The molecule has 0 aromatic carbocycles. The lowest BCUT2D eigenvalue weighted by atomic mass is 9.82. The first-order chi connectivity index (χ1) is 8.79. The van der Waals surface area contributed by atoms with Gasteiger partial charge in [-0.25, -0.2) is 0 Å². The SMILES string of the molecule is CCN(CC1CCCC(C)C1)C1CCCNCC1. The highest BCUT2D eigenvalue weighted by Gasteiger charge is 2.24. The zero-order valence-electron chi connectivity index (χ0n) is 12.5. The molecule has 1 N–H and O–H groups in total. The van der Waals surface area contributed by atoms with Crippen molar-refractivity contribution < 1.29 is 0 Å². The van der Waals surface area contributed by atoms with Gasteiger partial charge in [0, 0.05) is 12.6 Å². The Balaban J connectivity index is 1.83. The summed E-state index contributed by atoms with van der Waals surface area (Å²) in [7, 11) is 0. The molecule has 2 fully saturated rings. The third-order valence-electron chi connectivity index (χ3n) is 5.01. The molecule has 1 saturated heterocycles. The number of nitrogens with zero attached hydrogens (tertiary/aromatic N) is 1. The van der Waals surface area contributed by atoms with Gasteiger partial charge in [-0.1, -0.05) is 26.7 Å². The summed E-state index contributed by atoms with van der Waals surface area (Å²) >= 11 is 0. The molecule has 2 nitrogen and oxygen atoms in total. The van der Waals surface area contributed by atoms with Crippen molar-refractivity contribution in [1.29, 1.82) is 0 Å². The van der Waals surface area contributed by atoms with Gasteiger partial charge in [-0.15, -0.1) is 0 Å².